The zero-order valence-corrected chi connectivity index (χ0v) is 10.3. The second-order valence-corrected chi connectivity index (χ2v) is 5.44. The van der Waals surface area contributed by atoms with Crippen LogP contribution < -0.4 is 5.73 Å². The summed E-state index contributed by atoms with van der Waals surface area (Å²) in [5.74, 6) is 0.275. The van der Waals surface area contributed by atoms with Crippen LogP contribution in [0.3, 0.4) is 0 Å². The first-order valence-corrected chi connectivity index (χ1v) is 5.98. The van der Waals surface area contributed by atoms with E-state index in [0.717, 1.165) is 32.4 Å². The molecule has 1 aliphatic rings. The highest BCUT2D eigenvalue weighted by molar-refractivity contribution is 5.77. The van der Waals surface area contributed by atoms with Gasteiger partial charge in [-0.3, -0.25) is 4.79 Å². The summed E-state index contributed by atoms with van der Waals surface area (Å²) in [4.78, 5) is 13.9. The molecule has 3 heteroatoms. The van der Waals surface area contributed by atoms with Gasteiger partial charge in [-0.25, -0.2) is 0 Å². The number of rotatable bonds is 3. The molecule has 1 atom stereocenters. The number of piperidine rings is 1. The van der Waals surface area contributed by atoms with E-state index in [2.05, 4.69) is 20.8 Å². The van der Waals surface area contributed by atoms with Gasteiger partial charge in [0.15, 0.2) is 0 Å². The Bertz CT molecular complexity index is 226. The van der Waals surface area contributed by atoms with Gasteiger partial charge in [0, 0.05) is 25.6 Å². The number of amides is 1. The summed E-state index contributed by atoms with van der Waals surface area (Å²) in [6.07, 6.45) is 3.80. The van der Waals surface area contributed by atoms with Crippen LogP contribution in [0.4, 0.5) is 0 Å². The summed E-state index contributed by atoms with van der Waals surface area (Å²) in [7, 11) is 0. The summed E-state index contributed by atoms with van der Waals surface area (Å²) in [6, 6.07) is 0.187. The lowest BCUT2D eigenvalue weighted by molar-refractivity contribution is -0.134. The first kappa shape index (κ1) is 12.5. The lowest BCUT2D eigenvalue weighted by atomic mass is 9.86. The van der Waals surface area contributed by atoms with Crippen LogP contribution in [-0.2, 0) is 4.79 Å². The lowest BCUT2D eigenvalue weighted by Gasteiger charge is -2.33. The minimum Gasteiger partial charge on any atom is -0.341 e. The van der Waals surface area contributed by atoms with E-state index in [9.17, 15) is 4.79 Å². The summed E-state index contributed by atoms with van der Waals surface area (Å²) < 4.78 is 0. The predicted octanol–water partition coefficient (Wildman–Crippen LogP) is 1.76. The molecule has 0 aromatic carbocycles. The lowest BCUT2D eigenvalue weighted by Crippen LogP contribution is -2.46. The Balaban J connectivity index is 2.46. The van der Waals surface area contributed by atoms with E-state index in [1.807, 2.05) is 4.90 Å². The fourth-order valence-electron chi connectivity index (χ4n) is 1.88. The van der Waals surface area contributed by atoms with Crippen LogP contribution in [0.1, 0.15) is 46.5 Å². The van der Waals surface area contributed by atoms with E-state index in [1.165, 1.54) is 0 Å². The van der Waals surface area contributed by atoms with Gasteiger partial charge < -0.3 is 10.6 Å². The van der Waals surface area contributed by atoms with E-state index in [1.54, 1.807) is 0 Å². The minimum absolute atomic E-state index is 0.124. The standard InChI is InChI=1S/C12H24N2O/c1-4-12(2,3)8-11(15)14-7-5-6-10(13)9-14/h10H,4-9,13H2,1-3H3/t10-/m1/s1. The topological polar surface area (TPSA) is 46.3 Å². The maximum absolute atomic E-state index is 12.0. The van der Waals surface area contributed by atoms with Crippen LogP contribution in [0.25, 0.3) is 0 Å². The van der Waals surface area contributed by atoms with E-state index in [-0.39, 0.29) is 17.4 Å². The Hall–Kier alpha value is -0.570. The molecule has 1 aliphatic heterocycles. The number of nitrogens with two attached hydrogens (primary N) is 1. The smallest absolute Gasteiger partial charge is 0.223 e. The molecule has 1 amide bonds. The Morgan fingerprint density at radius 1 is 1.53 bits per heavy atom. The van der Waals surface area contributed by atoms with Crippen molar-refractivity contribution >= 4 is 5.91 Å². The fraction of sp³-hybridized carbons (Fsp3) is 0.917. The van der Waals surface area contributed by atoms with Crippen molar-refractivity contribution in [1.82, 2.24) is 4.90 Å². The normalized spacial score (nSPS) is 22.9. The van der Waals surface area contributed by atoms with Crippen LogP contribution >= 0.6 is 0 Å². The van der Waals surface area contributed by atoms with Gasteiger partial charge in [0.05, 0.1) is 0 Å². The Morgan fingerprint density at radius 2 is 2.20 bits per heavy atom. The first-order chi connectivity index (χ1) is 6.94. The molecule has 1 saturated heterocycles. The molecular weight excluding hydrogens is 188 g/mol. The molecular formula is C12H24N2O. The van der Waals surface area contributed by atoms with Crippen molar-refractivity contribution in [2.24, 2.45) is 11.1 Å². The van der Waals surface area contributed by atoms with Gasteiger partial charge in [-0.15, -0.1) is 0 Å². The maximum Gasteiger partial charge on any atom is 0.223 e. The van der Waals surface area contributed by atoms with Gasteiger partial charge >= 0.3 is 0 Å². The van der Waals surface area contributed by atoms with Crippen molar-refractivity contribution in [1.29, 1.82) is 0 Å². The van der Waals surface area contributed by atoms with E-state index in [0.29, 0.717) is 6.42 Å². The first-order valence-electron chi connectivity index (χ1n) is 5.98. The average molecular weight is 212 g/mol. The van der Waals surface area contributed by atoms with Crippen molar-refractivity contribution in [3.63, 3.8) is 0 Å². The quantitative estimate of drug-likeness (QED) is 0.775. The molecule has 0 aliphatic carbocycles. The molecule has 88 valence electrons. The zero-order valence-electron chi connectivity index (χ0n) is 10.3. The third-order valence-electron chi connectivity index (χ3n) is 3.40. The molecule has 1 heterocycles. The molecule has 1 rings (SSSR count). The van der Waals surface area contributed by atoms with Crippen molar-refractivity contribution in [3.8, 4) is 0 Å². The van der Waals surface area contributed by atoms with Gasteiger partial charge in [-0.2, -0.15) is 0 Å². The molecule has 2 N–H and O–H groups in total. The number of hydrogen-bond acceptors (Lipinski definition) is 2. The average Bonchev–Trinajstić information content (AvgIpc) is 2.17. The highest BCUT2D eigenvalue weighted by Crippen LogP contribution is 2.26. The number of carbonyl (C=O) groups is 1. The summed E-state index contributed by atoms with van der Waals surface area (Å²) >= 11 is 0. The molecule has 0 saturated carbocycles. The SMILES string of the molecule is CCC(C)(C)CC(=O)N1CCC[C@@H](N)C1. The highest BCUT2D eigenvalue weighted by Gasteiger charge is 2.26. The van der Waals surface area contributed by atoms with Crippen molar-refractivity contribution in [2.75, 3.05) is 13.1 Å². The second-order valence-electron chi connectivity index (χ2n) is 5.44. The molecule has 0 bridgehead atoms. The second kappa shape index (κ2) is 4.97. The number of likely N-dealkylation sites (tertiary alicyclic amines) is 1. The Morgan fingerprint density at radius 3 is 2.73 bits per heavy atom. The van der Waals surface area contributed by atoms with Crippen LogP contribution in [0, 0.1) is 5.41 Å². The third kappa shape index (κ3) is 3.82. The Kier molecular flexibility index (Phi) is 4.14. The van der Waals surface area contributed by atoms with Crippen molar-refractivity contribution in [3.05, 3.63) is 0 Å². The summed E-state index contributed by atoms with van der Waals surface area (Å²) in [6.45, 7) is 8.07. The van der Waals surface area contributed by atoms with Gasteiger partial charge in [0.25, 0.3) is 0 Å². The van der Waals surface area contributed by atoms with Crippen LogP contribution in [-0.4, -0.2) is 29.9 Å². The van der Waals surface area contributed by atoms with Gasteiger partial charge in [-0.1, -0.05) is 27.2 Å². The van der Waals surface area contributed by atoms with Crippen molar-refractivity contribution in [2.45, 2.75) is 52.5 Å². The molecule has 0 unspecified atom stereocenters. The molecule has 0 radical (unpaired) electrons. The molecule has 0 aromatic heterocycles. The van der Waals surface area contributed by atoms with E-state index in [4.69, 9.17) is 5.73 Å². The summed E-state index contributed by atoms with van der Waals surface area (Å²) in [5, 5.41) is 0. The zero-order chi connectivity index (χ0) is 11.5. The Labute approximate surface area is 93.0 Å². The fourth-order valence-corrected chi connectivity index (χ4v) is 1.88. The largest absolute Gasteiger partial charge is 0.341 e. The highest BCUT2D eigenvalue weighted by atomic mass is 16.2. The monoisotopic (exact) mass is 212 g/mol. The maximum atomic E-state index is 12.0. The van der Waals surface area contributed by atoms with Gasteiger partial charge in [-0.05, 0) is 18.3 Å². The van der Waals surface area contributed by atoms with Crippen LogP contribution in [0.2, 0.25) is 0 Å². The van der Waals surface area contributed by atoms with Gasteiger partial charge in [0.1, 0.15) is 0 Å². The molecule has 1 fully saturated rings. The number of carbonyl (C=O) groups excluding carboxylic acids is 1. The molecule has 3 nitrogen and oxygen atoms in total. The summed E-state index contributed by atoms with van der Waals surface area (Å²) in [5.41, 5.74) is 5.99. The molecule has 0 aromatic rings. The van der Waals surface area contributed by atoms with E-state index < -0.39 is 0 Å². The van der Waals surface area contributed by atoms with Crippen LogP contribution in [0.15, 0.2) is 0 Å². The predicted molar refractivity (Wildman–Crippen MR) is 62.5 cm³/mol. The third-order valence-corrected chi connectivity index (χ3v) is 3.40. The van der Waals surface area contributed by atoms with E-state index >= 15 is 0 Å². The number of hydrogen-bond donors (Lipinski definition) is 1. The van der Waals surface area contributed by atoms with Crippen molar-refractivity contribution < 1.29 is 4.79 Å². The minimum atomic E-state index is 0.124. The molecule has 0 spiro atoms. The molecule has 15 heavy (non-hydrogen) atoms. The number of nitrogens with zero attached hydrogens (tertiary/aromatic N) is 1. The van der Waals surface area contributed by atoms with Crippen LogP contribution in [0.5, 0.6) is 0 Å². The van der Waals surface area contributed by atoms with Gasteiger partial charge in [0.2, 0.25) is 5.91 Å².